The number of ether oxygens (including phenoxy) is 1. The Hall–Kier alpha value is -3.36. The van der Waals surface area contributed by atoms with E-state index in [0.717, 1.165) is 36.1 Å². The summed E-state index contributed by atoms with van der Waals surface area (Å²) in [6.07, 6.45) is -2.57. The van der Waals surface area contributed by atoms with Crippen molar-refractivity contribution in [3.63, 3.8) is 0 Å². The molecule has 0 bridgehead atoms. The second kappa shape index (κ2) is 10.1. The minimum Gasteiger partial charge on any atom is -0.464 e. The van der Waals surface area contributed by atoms with Crippen LogP contribution < -0.4 is 0 Å². The molecule has 9 heteroatoms. The van der Waals surface area contributed by atoms with Crippen molar-refractivity contribution in [1.82, 2.24) is 0 Å². The number of alkyl halides is 3. The number of nitrogens with zero attached hydrogens (tertiary/aromatic N) is 2. The third-order valence-electron chi connectivity index (χ3n) is 5.42. The molecule has 0 unspecified atom stereocenters. The molecule has 33 heavy (non-hydrogen) atoms. The fourth-order valence-corrected chi connectivity index (χ4v) is 3.54. The Kier molecular flexibility index (Phi) is 7.40. The summed E-state index contributed by atoms with van der Waals surface area (Å²) in [7, 11) is 2.55. The molecule has 1 aliphatic carbocycles. The van der Waals surface area contributed by atoms with Crippen LogP contribution in [0.15, 0.2) is 46.7 Å². The molecule has 6 nitrogen and oxygen atoms in total. The molecular formula is C24H25F3N2O4. The Balaban J connectivity index is 1.89. The van der Waals surface area contributed by atoms with Crippen molar-refractivity contribution in [3.8, 4) is 0 Å². The maximum atomic E-state index is 13.2. The lowest BCUT2D eigenvalue weighted by Gasteiger charge is -2.14. The number of rotatable bonds is 8. The van der Waals surface area contributed by atoms with Crippen LogP contribution in [0.4, 0.5) is 13.2 Å². The van der Waals surface area contributed by atoms with Crippen molar-refractivity contribution in [2.24, 2.45) is 10.3 Å². The Labute approximate surface area is 190 Å². The SMILES string of the molecule is CO/N=C(/C(=O)OC)c1cccc(C)c1CO/N=C(\C)c1cc(C(F)(F)F)ccc1C1CC1. The minimum atomic E-state index is -4.45. The number of carbonyl (C=O) groups is 1. The number of methoxy groups -OCH3 is 1. The van der Waals surface area contributed by atoms with Gasteiger partial charge in [-0.25, -0.2) is 4.79 Å². The van der Waals surface area contributed by atoms with Crippen molar-refractivity contribution < 1.29 is 32.4 Å². The van der Waals surface area contributed by atoms with Crippen LogP contribution in [0.1, 0.15) is 59.1 Å². The van der Waals surface area contributed by atoms with E-state index in [1.54, 1.807) is 19.1 Å². The highest BCUT2D eigenvalue weighted by Gasteiger charge is 2.33. The zero-order valence-corrected chi connectivity index (χ0v) is 18.8. The summed E-state index contributed by atoms with van der Waals surface area (Å²) in [6, 6.07) is 9.01. The third kappa shape index (κ3) is 5.71. The summed E-state index contributed by atoms with van der Waals surface area (Å²) in [5.74, 6) is -0.440. The number of oxime groups is 2. The smallest absolute Gasteiger partial charge is 0.416 e. The van der Waals surface area contributed by atoms with Crippen LogP contribution in [0, 0.1) is 6.92 Å². The lowest BCUT2D eigenvalue weighted by atomic mass is 9.97. The van der Waals surface area contributed by atoms with Gasteiger partial charge in [-0.2, -0.15) is 13.2 Å². The van der Waals surface area contributed by atoms with Gasteiger partial charge in [-0.15, -0.1) is 0 Å². The number of hydrogen-bond donors (Lipinski definition) is 0. The van der Waals surface area contributed by atoms with Gasteiger partial charge in [-0.1, -0.05) is 34.6 Å². The summed E-state index contributed by atoms with van der Waals surface area (Å²) in [5, 5.41) is 7.87. The van der Waals surface area contributed by atoms with E-state index in [-0.39, 0.29) is 18.2 Å². The van der Waals surface area contributed by atoms with Crippen LogP contribution in [-0.4, -0.2) is 31.6 Å². The zero-order valence-electron chi connectivity index (χ0n) is 18.8. The largest absolute Gasteiger partial charge is 0.464 e. The lowest BCUT2D eigenvalue weighted by Crippen LogP contribution is -2.20. The number of carbonyl (C=O) groups excluding carboxylic acids is 1. The van der Waals surface area contributed by atoms with Gasteiger partial charge >= 0.3 is 12.1 Å². The first-order valence-corrected chi connectivity index (χ1v) is 10.3. The van der Waals surface area contributed by atoms with E-state index >= 15 is 0 Å². The van der Waals surface area contributed by atoms with Crippen molar-refractivity contribution >= 4 is 17.4 Å². The summed E-state index contributed by atoms with van der Waals surface area (Å²) in [4.78, 5) is 22.5. The van der Waals surface area contributed by atoms with E-state index in [0.29, 0.717) is 22.4 Å². The fourth-order valence-electron chi connectivity index (χ4n) is 3.54. The second-order valence-electron chi connectivity index (χ2n) is 7.74. The maximum absolute atomic E-state index is 13.2. The molecule has 0 atom stereocenters. The molecule has 2 aromatic carbocycles. The molecule has 0 N–H and O–H groups in total. The van der Waals surface area contributed by atoms with E-state index in [1.165, 1.54) is 20.3 Å². The van der Waals surface area contributed by atoms with Crippen LogP contribution in [0.2, 0.25) is 0 Å². The number of hydrogen-bond acceptors (Lipinski definition) is 6. The van der Waals surface area contributed by atoms with Gasteiger partial charge in [0.05, 0.1) is 18.4 Å². The van der Waals surface area contributed by atoms with Gasteiger partial charge in [0.1, 0.15) is 13.7 Å². The monoisotopic (exact) mass is 462 g/mol. The molecule has 1 saturated carbocycles. The molecular weight excluding hydrogens is 437 g/mol. The number of esters is 1. The van der Waals surface area contributed by atoms with Crippen molar-refractivity contribution in [2.45, 2.75) is 45.4 Å². The molecule has 2 aromatic rings. The predicted molar refractivity (Wildman–Crippen MR) is 117 cm³/mol. The van der Waals surface area contributed by atoms with E-state index in [9.17, 15) is 18.0 Å². The maximum Gasteiger partial charge on any atom is 0.416 e. The molecule has 0 heterocycles. The standard InChI is InChI=1S/C24H25F3N2O4/c1-14-6-5-7-19(22(29-32-4)23(30)31-3)21(14)13-33-28-15(2)20-12-17(24(25,26)27)10-11-18(20)16-8-9-16/h5-7,10-12,16H,8-9,13H2,1-4H3/b28-15+,29-22+. The first-order valence-electron chi connectivity index (χ1n) is 10.3. The topological polar surface area (TPSA) is 69.5 Å². The van der Waals surface area contributed by atoms with E-state index in [2.05, 4.69) is 10.3 Å². The van der Waals surface area contributed by atoms with Gasteiger partial charge in [0, 0.05) is 16.7 Å². The summed E-state index contributed by atoms with van der Waals surface area (Å²) < 4.78 is 44.5. The third-order valence-corrected chi connectivity index (χ3v) is 5.42. The van der Waals surface area contributed by atoms with Crippen LogP contribution in [0.3, 0.4) is 0 Å². The molecule has 0 aliphatic heterocycles. The fraction of sp³-hybridized carbons (Fsp3) is 0.375. The normalized spacial score (nSPS) is 14.8. The molecule has 0 saturated heterocycles. The van der Waals surface area contributed by atoms with Crippen molar-refractivity contribution in [2.75, 3.05) is 14.2 Å². The summed E-state index contributed by atoms with van der Waals surface area (Å²) >= 11 is 0. The highest BCUT2D eigenvalue weighted by atomic mass is 19.4. The van der Waals surface area contributed by atoms with Crippen LogP contribution >= 0.6 is 0 Å². The van der Waals surface area contributed by atoms with Crippen LogP contribution in [0.25, 0.3) is 0 Å². The summed E-state index contributed by atoms with van der Waals surface area (Å²) in [6.45, 7) is 3.42. The Morgan fingerprint density at radius 2 is 1.82 bits per heavy atom. The van der Waals surface area contributed by atoms with Crippen molar-refractivity contribution in [3.05, 3.63) is 69.8 Å². The highest BCUT2D eigenvalue weighted by molar-refractivity contribution is 6.43. The van der Waals surface area contributed by atoms with Gasteiger partial charge in [-0.05, 0) is 55.9 Å². The summed E-state index contributed by atoms with van der Waals surface area (Å²) in [5.41, 5.74) is 2.74. The highest BCUT2D eigenvalue weighted by Crippen LogP contribution is 2.43. The molecule has 1 fully saturated rings. The average Bonchev–Trinajstić information content (AvgIpc) is 3.62. The number of aryl methyl sites for hydroxylation is 1. The van der Waals surface area contributed by atoms with Gasteiger partial charge in [0.2, 0.25) is 0 Å². The molecule has 3 rings (SSSR count). The van der Waals surface area contributed by atoms with Crippen molar-refractivity contribution in [1.29, 1.82) is 0 Å². The number of halogens is 3. The van der Waals surface area contributed by atoms with Gasteiger partial charge in [0.25, 0.3) is 0 Å². The van der Waals surface area contributed by atoms with Crippen LogP contribution in [0.5, 0.6) is 0 Å². The Morgan fingerprint density at radius 3 is 2.42 bits per heavy atom. The molecule has 0 amide bonds. The van der Waals surface area contributed by atoms with Crippen LogP contribution in [-0.2, 0) is 32.0 Å². The van der Waals surface area contributed by atoms with E-state index in [4.69, 9.17) is 14.4 Å². The minimum absolute atomic E-state index is 0.0306. The van der Waals surface area contributed by atoms with Gasteiger partial charge < -0.3 is 14.4 Å². The molecule has 176 valence electrons. The molecule has 1 aliphatic rings. The average molecular weight is 462 g/mol. The molecule has 0 radical (unpaired) electrons. The van der Waals surface area contributed by atoms with E-state index in [1.807, 2.05) is 13.0 Å². The molecule has 0 spiro atoms. The molecule has 0 aromatic heterocycles. The van der Waals surface area contributed by atoms with E-state index < -0.39 is 17.7 Å². The zero-order chi connectivity index (χ0) is 24.2. The first kappa shape index (κ1) is 24.3. The Bertz CT molecular complexity index is 1090. The van der Waals surface area contributed by atoms with Gasteiger partial charge in [-0.3, -0.25) is 0 Å². The Morgan fingerprint density at radius 1 is 1.09 bits per heavy atom. The first-order chi connectivity index (χ1) is 15.7. The number of benzene rings is 2. The predicted octanol–water partition coefficient (Wildman–Crippen LogP) is 5.36. The quantitative estimate of drug-likeness (QED) is 0.301. The lowest BCUT2D eigenvalue weighted by molar-refractivity contribution is -0.137. The second-order valence-corrected chi connectivity index (χ2v) is 7.74. The van der Waals surface area contributed by atoms with Gasteiger partial charge in [0.15, 0.2) is 5.71 Å².